The van der Waals surface area contributed by atoms with E-state index >= 15 is 0 Å². The molecule has 0 aromatic heterocycles. The van der Waals surface area contributed by atoms with E-state index in [4.69, 9.17) is 0 Å². The summed E-state index contributed by atoms with van der Waals surface area (Å²) in [4.78, 5) is 6.25. The van der Waals surface area contributed by atoms with Crippen LogP contribution in [0.3, 0.4) is 0 Å². The molecular weight excluding hydrogens is 508 g/mol. The molecule has 1 aliphatic heterocycles. The van der Waals surface area contributed by atoms with Crippen LogP contribution >= 0.6 is 0 Å². The molecule has 0 amide bonds. The van der Waals surface area contributed by atoms with Gasteiger partial charge >= 0.3 is 0 Å². The molecule has 0 bridgehead atoms. The molecule has 1 rings (SSSR count). The average Bonchev–Trinajstić information content (AvgIpc) is 2.92. The van der Waals surface area contributed by atoms with Crippen molar-refractivity contribution in [2.45, 2.75) is 235 Å². The molecule has 2 heteroatoms. The third kappa shape index (κ3) is 11.7. The molecule has 0 N–H and O–H groups in total. The van der Waals surface area contributed by atoms with E-state index in [9.17, 15) is 0 Å². The Balaban J connectivity index is 3.67. The second-order valence-electron chi connectivity index (χ2n) is 16.5. The normalized spacial score (nSPS) is 28.1. The fourth-order valence-electron chi connectivity index (χ4n) is 9.22. The monoisotopic (exact) mass is 591 g/mol. The smallest absolute Gasteiger partial charge is 0.0187 e. The van der Waals surface area contributed by atoms with E-state index in [-0.39, 0.29) is 5.41 Å². The van der Waals surface area contributed by atoms with Crippen LogP contribution in [-0.2, 0) is 0 Å². The molecule has 0 aromatic carbocycles. The van der Waals surface area contributed by atoms with Crippen LogP contribution in [0.15, 0.2) is 0 Å². The Hall–Kier alpha value is -0.0800. The molecule has 0 spiro atoms. The maximum atomic E-state index is 3.15. The molecule has 1 heterocycles. The Morgan fingerprint density at radius 3 is 1.50 bits per heavy atom. The maximum absolute atomic E-state index is 3.15. The van der Waals surface area contributed by atoms with Crippen molar-refractivity contribution in [2.75, 3.05) is 6.54 Å². The highest BCUT2D eigenvalue weighted by Gasteiger charge is 2.47. The van der Waals surface area contributed by atoms with Gasteiger partial charge < -0.3 is 0 Å². The lowest BCUT2D eigenvalue weighted by Crippen LogP contribution is -2.63. The first kappa shape index (κ1) is 39.9. The van der Waals surface area contributed by atoms with E-state index in [0.29, 0.717) is 41.0 Å². The molecule has 0 aliphatic carbocycles. The number of hydrogen-bond acceptors (Lipinski definition) is 2. The minimum absolute atomic E-state index is 0.287. The van der Waals surface area contributed by atoms with Gasteiger partial charge in [-0.2, -0.15) is 0 Å². The van der Waals surface area contributed by atoms with Crippen LogP contribution < -0.4 is 0 Å². The summed E-state index contributed by atoms with van der Waals surface area (Å²) in [6.07, 6.45) is 24.2. The van der Waals surface area contributed by atoms with Crippen LogP contribution in [0.4, 0.5) is 0 Å². The Labute approximate surface area is 267 Å². The highest BCUT2D eigenvalue weighted by Crippen LogP contribution is 2.44. The standard InChI is InChI=1S/C40H82N2/c1-14-19-23-28-39(12,29-24-20-15-2)41-32-38(10,11)31-33(6)42(36(9)34(7)35(8)37(41)26-18-5)40(13,27-22-17-4)30-25-21-16-3/h33-37H,14-32H2,1-13H3. The van der Waals surface area contributed by atoms with Crippen LogP contribution in [0.25, 0.3) is 0 Å². The SMILES string of the molecule is CCCCCC(C)(CCCCC)N1CC(C)(C)CC(C)N(C(C)(CCCC)CCCCC)C(C)C(C)C(C)C1CCC. The predicted octanol–water partition coefficient (Wildman–Crippen LogP) is 12.7. The van der Waals surface area contributed by atoms with Crippen LogP contribution in [0.1, 0.15) is 206 Å². The molecule has 1 saturated heterocycles. The summed E-state index contributed by atoms with van der Waals surface area (Å²) < 4.78 is 0. The largest absolute Gasteiger partial charge is 0.294 e. The van der Waals surface area contributed by atoms with Gasteiger partial charge in [0.25, 0.3) is 0 Å². The molecule has 2 nitrogen and oxygen atoms in total. The molecular formula is C40H82N2. The summed E-state index contributed by atoms with van der Waals surface area (Å²) in [6, 6.07) is 1.86. The van der Waals surface area contributed by atoms with Gasteiger partial charge in [0.2, 0.25) is 0 Å². The fourth-order valence-corrected chi connectivity index (χ4v) is 9.22. The number of hydrogen-bond donors (Lipinski definition) is 0. The molecule has 252 valence electrons. The first-order valence-electron chi connectivity index (χ1n) is 19.3. The average molecular weight is 591 g/mol. The van der Waals surface area contributed by atoms with Crippen molar-refractivity contribution < 1.29 is 0 Å². The topological polar surface area (TPSA) is 6.48 Å². The third-order valence-electron chi connectivity index (χ3n) is 11.9. The summed E-state index contributed by atoms with van der Waals surface area (Å²) in [5, 5.41) is 0. The lowest BCUT2D eigenvalue weighted by molar-refractivity contribution is -0.0813. The Morgan fingerprint density at radius 2 is 1.05 bits per heavy atom. The van der Waals surface area contributed by atoms with E-state index in [1.54, 1.807) is 0 Å². The van der Waals surface area contributed by atoms with Gasteiger partial charge in [0.05, 0.1) is 0 Å². The second-order valence-corrected chi connectivity index (χ2v) is 16.5. The highest BCUT2D eigenvalue weighted by molar-refractivity contribution is 5.01. The van der Waals surface area contributed by atoms with Crippen molar-refractivity contribution in [3.05, 3.63) is 0 Å². The van der Waals surface area contributed by atoms with Crippen LogP contribution in [0.2, 0.25) is 0 Å². The zero-order chi connectivity index (χ0) is 32.0. The second kappa shape index (κ2) is 19.4. The Morgan fingerprint density at radius 1 is 0.595 bits per heavy atom. The lowest BCUT2D eigenvalue weighted by Gasteiger charge is -2.57. The zero-order valence-corrected chi connectivity index (χ0v) is 31.7. The van der Waals surface area contributed by atoms with Gasteiger partial charge in [0.15, 0.2) is 0 Å². The molecule has 6 unspecified atom stereocenters. The first-order chi connectivity index (χ1) is 19.8. The minimum atomic E-state index is 0.287. The molecule has 6 atom stereocenters. The van der Waals surface area contributed by atoms with Gasteiger partial charge in [-0.25, -0.2) is 0 Å². The van der Waals surface area contributed by atoms with Crippen molar-refractivity contribution in [3.8, 4) is 0 Å². The molecule has 0 aromatic rings. The number of nitrogens with zero attached hydrogens (tertiary/aromatic N) is 2. The van der Waals surface area contributed by atoms with E-state index in [1.165, 1.54) is 122 Å². The summed E-state index contributed by atoms with van der Waals surface area (Å²) >= 11 is 0. The summed E-state index contributed by atoms with van der Waals surface area (Å²) in [5.41, 5.74) is 0.883. The molecule has 0 saturated carbocycles. The van der Waals surface area contributed by atoms with Crippen molar-refractivity contribution in [1.82, 2.24) is 9.80 Å². The fraction of sp³-hybridized carbons (Fsp3) is 1.00. The van der Waals surface area contributed by atoms with Gasteiger partial charge in [-0.15, -0.1) is 0 Å². The van der Waals surface area contributed by atoms with Gasteiger partial charge in [-0.3, -0.25) is 9.80 Å². The van der Waals surface area contributed by atoms with Crippen molar-refractivity contribution in [2.24, 2.45) is 17.3 Å². The maximum Gasteiger partial charge on any atom is 0.0187 e. The Kier molecular flexibility index (Phi) is 18.5. The minimum Gasteiger partial charge on any atom is -0.294 e. The lowest BCUT2D eigenvalue weighted by atomic mass is 9.72. The summed E-state index contributed by atoms with van der Waals surface area (Å²) in [7, 11) is 0. The zero-order valence-electron chi connectivity index (χ0n) is 31.7. The van der Waals surface area contributed by atoms with E-state index < -0.39 is 0 Å². The van der Waals surface area contributed by atoms with Crippen molar-refractivity contribution >= 4 is 0 Å². The van der Waals surface area contributed by atoms with Crippen molar-refractivity contribution in [1.29, 1.82) is 0 Å². The quantitative estimate of drug-likeness (QED) is 0.138. The van der Waals surface area contributed by atoms with Gasteiger partial charge in [-0.1, -0.05) is 139 Å². The van der Waals surface area contributed by atoms with E-state index in [0.717, 1.165) is 0 Å². The Bertz CT molecular complexity index is 675. The number of rotatable bonds is 19. The van der Waals surface area contributed by atoms with Gasteiger partial charge in [0.1, 0.15) is 0 Å². The molecule has 1 aliphatic rings. The molecule has 0 radical (unpaired) electrons. The van der Waals surface area contributed by atoms with Crippen LogP contribution in [0, 0.1) is 17.3 Å². The summed E-state index contributed by atoms with van der Waals surface area (Å²) in [6.45, 7) is 34.3. The van der Waals surface area contributed by atoms with E-state index in [2.05, 4.69) is 99.8 Å². The first-order valence-corrected chi connectivity index (χ1v) is 19.3. The molecule has 1 fully saturated rings. The van der Waals surface area contributed by atoms with E-state index in [1.807, 2.05) is 0 Å². The summed E-state index contributed by atoms with van der Waals surface area (Å²) in [5.74, 6) is 1.36. The van der Waals surface area contributed by atoms with Gasteiger partial charge in [-0.05, 0) is 83.5 Å². The highest BCUT2D eigenvalue weighted by atomic mass is 15.3. The third-order valence-corrected chi connectivity index (χ3v) is 11.9. The number of unbranched alkanes of at least 4 members (excludes halogenated alkanes) is 7. The molecule has 42 heavy (non-hydrogen) atoms. The van der Waals surface area contributed by atoms with Crippen LogP contribution in [0.5, 0.6) is 0 Å². The van der Waals surface area contributed by atoms with Gasteiger partial charge in [0, 0.05) is 35.7 Å². The van der Waals surface area contributed by atoms with Crippen molar-refractivity contribution in [3.63, 3.8) is 0 Å². The predicted molar refractivity (Wildman–Crippen MR) is 192 cm³/mol. The van der Waals surface area contributed by atoms with Crippen LogP contribution in [-0.4, -0.2) is 45.5 Å².